The van der Waals surface area contributed by atoms with Gasteiger partial charge in [-0.2, -0.15) is 13.2 Å². The van der Waals surface area contributed by atoms with Crippen molar-refractivity contribution in [3.8, 4) is 5.75 Å². The lowest BCUT2D eigenvalue weighted by molar-refractivity contribution is -0.706. The molecule has 0 unspecified atom stereocenters. The maximum Gasteiger partial charge on any atom is 0.430 e. The van der Waals surface area contributed by atoms with Crippen LogP contribution in [0.2, 0.25) is 5.02 Å². The number of hydrazine groups is 1. The highest BCUT2D eigenvalue weighted by Crippen LogP contribution is 2.42. The zero-order valence-corrected chi connectivity index (χ0v) is 19.2. The Morgan fingerprint density at radius 3 is 2.61 bits per heavy atom. The summed E-state index contributed by atoms with van der Waals surface area (Å²) in [5, 5.41) is 24.8. The molecule has 13 heteroatoms. The first-order valence-electron chi connectivity index (χ1n) is 9.84. The van der Waals surface area contributed by atoms with E-state index in [1.807, 2.05) is 20.8 Å². The van der Waals surface area contributed by atoms with Gasteiger partial charge in [0.1, 0.15) is 5.75 Å². The van der Waals surface area contributed by atoms with Gasteiger partial charge in [-0.3, -0.25) is 0 Å². The number of aliphatic hydroxyl groups is 1. The Balaban J connectivity index is 2.19. The van der Waals surface area contributed by atoms with E-state index in [1.165, 1.54) is 19.2 Å². The molecule has 2 rings (SSSR count). The zero-order valence-electron chi connectivity index (χ0n) is 18.5. The van der Waals surface area contributed by atoms with Crippen LogP contribution in [-0.2, 0) is 19.8 Å². The van der Waals surface area contributed by atoms with Crippen molar-refractivity contribution in [1.29, 1.82) is 0 Å². The van der Waals surface area contributed by atoms with E-state index in [2.05, 4.69) is 14.9 Å². The first kappa shape index (κ1) is 26.5. The van der Waals surface area contributed by atoms with Crippen LogP contribution in [0.3, 0.4) is 0 Å². The minimum Gasteiger partial charge on any atom is -0.569 e. The quantitative estimate of drug-likeness (QED) is 0.145. The van der Waals surface area contributed by atoms with Gasteiger partial charge in [0.2, 0.25) is 11.4 Å². The molecule has 1 aromatic carbocycles. The third-order valence-electron chi connectivity index (χ3n) is 4.58. The van der Waals surface area contributed by atoms with Crippen LogP contribution in [0, 0.1) is 5.21 Å². The summed E-state index contributed by atoms with van der Waals surface area (Å²) in [6, 6.07) is 2.84. The predicted molar refractivity (Wildman–Crippen MR) is 111 cm³/mol. The molecule has 1 atom stereocenters. The van der Waals surface area contributed by atoms with Crippen LogP contribution in [0.5, 0.6) is 5.75 Å². The van der Waals surface area contributed by atoms with Gasteiger partial charge in [-0.05, 0) is 35.6 Å². The molecule has 0 saturated heterocycles. The number of halogens is 4. The second kappa shape index (κ2) is 10.5. The Kier molecular flexibility index (Phi) is 8.41. The van der Waals surface area contributed by atoms with E-state index in [4.69, 9.17) is 21.4 Å². The Morgan fingerprint density at radius 1 is 1.36 bits per heavy atom. The summed E-state index contributed by atoms with van der Waals surface area (Å²) >= 11 is 6.28. The number of carbonyl (C=O) groups is 1. The molecule has 0 fully saturated rings. The fraction of sp³-hybridized carbons (Fsp3) is 0.550. The second-order valence-electron chi connectivity index (χ2n) is 8.23. The van der Waals surface area contributed by atoms with Gasteiger partial charge in [-0.25, -0.2) is 4.79 Å². The number of nitrogens with zero attached hydrogens (tertiary/aromatic N) is 3. The van der Waals surface area contributed by atoms with E-state index in [0.717, 1.165) is 11.1 Å². The molecule has 1 aliphatic rings. The summed E-state index contributed by atoms with van der Waals surface area (Å²) in [6.07, 6.45) is -6.17. The molecule has 0 spiro atoms. The van der Waals surface area contributed by atoms with Crippen LogP contribution < -0.4 is 4.74 Å². The zero-order chi connectivity index (χ0) is 25.0. The largest absolute Gasteiger partial charge is 0.569 e. The molecule has 1 heterocycles. The van der Waals surface area contributed by atoms with Gasteiger partial charge in [0, 0.05) is 17.2 Å². The van der Waals surface area contributed by atoms with E-state index >= 15 is 0 Å². The van der Waals surface area contributed by atoms with Crippen molar-refractivity contribution in [2.24, 2.45) is 5.28 Å². The number of rotatable bonds is 8. The molecule has 0 saturated carbocycles. The van der Waals surface area contributed by atoms with E-state index in [-0.39, 0.29) is 29.4 Å². The van der Waals surface area contributed by atoms with Crippen LogP contribution in [-0.4, -0.2) is 60.3 Å². The fourth-order valence-corrected chi connectivity index (χ4v) is 3.34. The van der Waals surface area contributed by atoms with Gasteiger partial charge in [0.15, 0.2) is 0 Å². The number of benzene rings is 1. The molecule has 0 amide bonds. The molecule has 0 radical (unpaired) electrons. The number of fused-ring (bicyclic) bond motifs is 1. The lowest BCUT2D eigenvalue weighted by Gasteiger charge is -2.30. The number of hydrogen-bond acceptors (Lipinski definition) is 7. The average Bonchev–Trinajstić information content (AvgIpc) is 2.71. The Bertz CT molecular complexity index is 931. The van der Waals surface area contributed by atoms with E-state index in [1.54, 1.807) is 0 Å². The first-order valence-corrected chi connectivity index (χ1v) is 10.2. The summed E-state index contributed by atoms with van der Waals surface area (Å²) < 4.78 is 50.7. The minimum atomic E-state index is -4.91. The number of ether oxygens (including phenoxy) is 2. The second-order valence-corrected chi connectivity index (χ2v) is 8.64. The van der Waals surface area contributed by atoms with Gasteiger partial charge in [-0.15, -0.1) is 5.01 Å². The van der Waals surface area contributed by atoms with Gasteiger partial charge in [0.25, 0.3) is 6.79 Å². The molecule has 0 aliphatic carbocycles. The Morgan fingerprint density at radius 2 is 2.03 bits per heavy atom. The fourth-order valence-electron chi connectivity index (χ4n) is 2.88. The number of aliphatic hydroxyl groups excluding tert-OH is 1. The standard InChI is InChI=1S/C20H25ClF3N3O6/c1-19(2,3)14-10-16-12(9-15(14)21)8-13(17(33-16)20(22,23)24)18(29)31-11-32-25-27(30)26(4)6-5-7-28/h8-10,17,28H,5-7,11H2,1-4H3/b27-25-/t17-/m0/s1. The molecular formula is C20H25ClF3N3O6. The Hall–Kier alpha value is -2.73. The van der Waals surface area contributed by atoms with Crippen molar-refractivity contribution in [1.82, 2.24) is 5.01 Å². The van der Waals surface area contributed by atoms with E-state index in [9.17, 15) is 23.2 Å². The summed E-state index contributed by atoms with van der Waals surface area (Å²) in [5.74, 6) is -1.43. The smallest absolute Gasteiger partial charge is 0.430 e. The molecule has 9 nitrogen and oxygen atoms in total. The molecular weight excluding hydrogens is 471 g/mol. The molecule has 184 valence electrons. The van der Waals surface area contributed by atoms with Gasteiger partial charge >= 0.3 is 12.1 Å². The lowest BCUT2D eigenvalue weighted by Crippen LogP contribution is -2.41. The maximum atomic E-state index is 13.6. The van der Waals surface area contributed by atoms with Gasteiger partial charge < -0.3 is 24.6 Å². The first-order chi connectivity index (χ1) is 15.3. The lowest BCUT2D eigenvalue weighted by atomic mass is 9.85. The van der Waals surface area contributed by atoms with Gasteiger partial charge in [0.05, 0.1) is 24.1 Å². The van der Waals surface area contributed by atoms with Crippen molar-refractivity contribution >= 4 is 23.6 Å². The highest BCUT2D eigenvalue weighted by Gasteiger charge is 2.49. The van der Waals surface area contributed by atoms with Crippen LogP contribution in [0.4, 0.5) is 13.2 Å². The monoisotopic (exact) mass is 495 g/mol. The molecule has 1 aliphatic heterocycles. The summed E-state index contributed by atoms with van der Waals surface area (Å²) in [7, 11) is 1.37. The van der Waals surface area contributed by atoms with Crippen molar-refractivity contribution in [2.75, 3.05) is 27.0 Å². The minimum absolute atomic E-state index is 0.0378. The van der Waals surface area contributed by atoms with Crippen molar-refractivity contribution in [3.63, 3.8) is 0 Å². The highest BCUT2D eigenvalue weighted by molar-refractivity contribution is 6.31. The Labute approximate surface area is 193 Å². The van der Waals surface area contributed by atoms with Crippen LogP contribution in [0.15, 0.2) is 23.0 Å². The molecule has 33 heavy (non-hydrogen) atoms. The summed E-state index contributed by atoms with van der Waals surface area (Å²) in [5.41, 5.74) is -0.488. The highest BCUT2D eigenvalue weighted by atomic mass is 35.5. The number of alkyl halides is 3. The number of carbonyl (C=O) groups excluding carboxylic acids is 1. The van der Waals surface area contributed by atoms with Crippen LogP contribution >= 0.6 is 11.6 Å². The number of esters is 1. The topological polar surface area (TPSA) is 107 Å². The molecule has 0 aromatic heterocycles. The number of hydrogen-bond donors (Lipinski definition) is 1. The third kappa shape index (κ3) is 6.87. The predicted octanol–water partition coefficient (Wildman–Crippen LogP) is 3.97. The average molecular weight is 496 g/mol. The summed E-state index contributed by atoms with van der Waals surface area (Å²) in [4.78, 5) is 16.9. The summed E-state index contributed by atoms with van der Waals surface area (Å²) in [6.45, 7) is 4.67. The molecule has 1 N–H and O–H groups in total. The molecule has 1 aromatic rings. The van der Waals surface area contributed by atoms with Crippen LogP contribution in [0.25, 0.3) is 6.08 Å². The maximum absolute atomic E-state index is 13.6. The van der Waals surface area contributed by atoms with Gasteiger partial charge in [-0.1, -0.05) is 32.4 Å². The SMILES string of the molecule is CN(CCCO)/[N+]([O-])=N/OCOC(=O)C1=Cc2cc(Cl)c(C(C)(C)C)cc2O[C@@H]1C(F)(F)F. The molecule has 0 bridgehead atoms. The van der Waals surface area contributed by atoms with Crippen molar-refractivity contribution in [2.45, 2.75) is 44.9 Å². The van der Waals surface area contributed by atoms with E-state index < -0.39 is 36.0 Å². The van der Waals surface area contributed by atoms with Crippen LogP contribution in [0.1, 0.15) is 38.3 Å². The third-order valence-corrected chi connectivity index (χ3v) is 4.89. The van der Waals surface area contributed by atoms with E-state index in [0.29, 0.717) is 17.0 Å². The van der Waals surface area contributed by atoms with Crippen molar-refractivity contribution < 1.29 is 42.4 Å². The van der Waals surface area contributed by atoms with Crippen molar-refractivity contribution in [3.05, 3.63) is 39.1 Å². The normalized spacial score (nSPS) is 16.5.